The Morgan fingerprint density at radius 2 is 2.42 bits per heavy atom. The molecular formula is C13H15BrFNO3. The first kappa shape index (κ1) is 14.3. The molecular weight excluding hydrogens is 317 g/mol. The first-order chi connectivity index (χ1) is 9.15. The summed E-state index contributed by atoms with van der Waals surface area (Å²) in [6.07, 6.45) is 2.08. The Kier molecular flexibility index (Phi) is 5.15. The van der Waals surface area contributed by atoms with Crippen LogP contribution >= 0.6 is 15.9 Å². The summed E-state index contributed by atoms with van der Waals surface area (Å²) >= 11 is 3.15. The van der Waals surface area contributed by atoms with Crippen LogP contribution in [0.25, 0.3) is 0 Å². The Morgan fingerprint density at radius 3 is 3.11 bits per heavy atom. The number of halogens is 2. The maximum atomic E-state index is 13.4. The van der Waals surface area contributed by atoms with E-state index in [2.05, 4.69) is 21.2 Å². The number of carbonyl (C=O) groups excluding carboxylic acids is 1. The van der Waals surface area contributed by atoms with Gasteiger partial charge in [-0.15, -0.1) is 0 Å². The highest BCUT2D eigenvalue weighted by molar-refractivity contribution is 9.10. The van der Waals surface area contributed by atoms with E-state index in [0.717, 1.165) is 19.4 Å². The van der Waals surface area contributed by atoms with Crippen LogP contribution in [0.15, 0.2) is 22.7 Å². The summed E-state index contributed by atoms with van der Waals surface area (Å²) in [5.74, 6) is -0.713. The molecule has 104 valence electrons. The van der Waals surface area contributed by atoms with Gasteiger partial charge in [-0.1, -0.05) is 15.9 Å². The molecule has 0 saturated carbocycles. The third kappa shape index (κ3) is 4.47. The number of benzene rings is 1. The average molecular weight is 332 g/mol. The monoisotopic (exact) mass is 331 g/mol. The van der Waals surface area contributed by atoms with Crippen molar-refractivity contribution in [2.45, 2.75) is 18.9 Å². The van der Waals surface area contributed by atoms with Gasteiger partial charge in [0.25, 0.3) is 5.91 Å². The average Bonchev–Trinajstić information content (AvgIpc) is 2.88. The van der Waals surface area contributed by atoms with E-state index in [1.807, 2.05) is 0 Å². The summed E-state index contributed by atoms with van der Waals surface area (Å²) in [5, 5.41) is 2.71. The summed E-state index contributed by atoms with van der Waals surface area (Å²) in [6.45, 7) is 1.03. The standard InChI is InChI=1S/C13H15BrFNO3/c14-9-3-4-12(11(15)6-9)19-8-13(17)16-7-10-2-1-5-18-10/h3-4,6,10H,1-2,5,7-8H2,(H,16,17). The Balaban J connectivity index is 1.73. The van der Waals surface area contributed by atoms with Crippen LogP contribution < -0.4 is 10.1 Å². The molecule has 1 aromatic carbocycles. The van der Waals surface area contributed by atoms with Gasteiger partial charge in [-0.05, 0) is 31.0 Å². The first-order valence-corrected chi connectivity index (χ1v) is 6.90. The molecule has 1 aliphatic rings. The van der Waals surface area contributed by atoms with Crippen molar-refractivity contribution in [1.29, 1.82) is 0 Å². The fourth-order valence-corrected chi connectivity index (χ4v) is 2.15. The summed E-state index contributed by atoms with van der Waals surface area (Å²) in [6, 6.07) is 4.43. The van der Waals surface area contributed by atoms with Crippen molar-refractivity contribution in [2.75, 3.05) is 19.8 Å². The van der Waals surface area contributed by atoms with Crippen LogP contribution in [-0.2, 0) is 9.53 Å². The lowest BCUT2D eigenvalue weighted by molar-refractivity contribution is -0.123. The molecule has 0 aromatic heterocycles. The third-order valence-corrected chi connectivity index (χ3v) is 3.30. The first-order valence-electron chi connectivity index (χ1n) is 6.11. The molecule has 0 spiro atoms. The molecule has 19 heavy (non-hydrogen) atoms. The minimum Gasteiger partial charge on any atom is -0.481 e. The molecule has 0 bridgehead atoms. The van der Waals surface area contributed by atoms with Crippen LogP contribution in [0.5, 0.6) is 5.75 Å². The largest absolute Gasteiger partial charge is 0.481 e. The molecule has 0 radical (unpaired) electrons. The fraction of sp³-hybridized carbons (Fsp3) is 0.462. The minimum absolute atomic E-state index is 0.0652. The molecule has 1 aromatic rings. The Hall–Kier alpha value is -1.14. The minimum atomic E-state index is -0.499. The number of nitrogens with one attached hydrogen (secondary N) is 1. The van der Waals surface area contributed by atoms with Crippen LogP contribution in [0.3, 0.4) is 0 Å². The fourth-order valence-electron chi connectivity index (χ4n) is 1.82. The van der Waals surface area contributed by atoms with Gasteiger partial charge in [-0.2, -0.15) is 0 Å². The molecule has 1 unspecified atom stereocenters. The van der Waals surface area contributed by atoms with E-state index < -0.39 is 5.82 Å². The summed E-state index contributed by atoms with van der Waals surface area (Å²) in [7, 11) is 0. The molecule has 1 heterocycles. The number of hydrogen-bond donors (Lipinski definition) is 1. The number of amides is 1. The van der Waals surface area contributed by atoms with Gasteiger partial charge in [0.05, 0.1) is 6.10 Å². The smallest absolute Gasteiger partial charge is 0.258 e. The molecule has 6 heteroatoms. The topological polar surface area (TPSA) is 47.6 Å². The second-order valence-corrected chi connectivity index (χ2v) is 5.22. The number of rotatable bonds is 5. The molecule has 1 atom stereocenters. The second kappa shape index (κ2) is 6.86. The second-order valence-electron chi connectivity index (χ2n) is 4.30. The van der Waals surface area contributed by atoms with Crippen molar-refractivity contribution in [3.63, 3.8) is 0 Å². The number of carbonyl (C=O) groups is 1. The van der Waals surface area contributed by atoms with E-state index in [-0.39, 0.29) is 24.4 Å². The van der Waals surface area contributed by atoms with Gasteiger partial charge in [0.2, 0.25) is 0 Å². The molecule has 1 fully saturated rings. The predicted octanol–water partition coefficient (Wildman–Crippen LogP) is 2.26. The van der Waals surface area contributed by atoms with E-state index in [9.17, 15) is 9.18 Å². The SMILES string of the molecule is O=C(COc1ccc(Br)cc1F)NCC1CCCO1. The highest BCUT2D eigenvalue weighted by atomic mass is 79.9. The Morgan fingerprint density at radius 1 is 1.58 bits per heavy atom. The van der Waals surface area contributed by atoms with Gasteiger partial charge in [-0.25, -0.2) is 4.39 Å². The zero-order valence-corrected chi connectivity index (χ0v) is 11.9. The van der Waals surface area contributed by atoms with Gasteiger partial charge < -0.3 is 14.8 Å². The highest BCUT2D eigenvalue weighted by Crippen LogP contribution is 2.21. The highest BCUT2D eigenvalue weighted by Gasteiger charge is 2.16. The normalized spacial score (nSPS) is 18.3. The Bertz CT molecular complexity index is 450. The van der Waals surface area contributed by atoms with E-state index >= 15 is 0 Å². The van der Waals surface area contributed by atoms with Crippen LogP contribution in [0.2, 0.25) is 0 Å². The van der Waals surface area contributed by atoms with E-state index in [0.29, 0.717) is 11.0 Å². The molecule has 1 amide bonds. The van der Waals surface area contributed by atoms with Crippen molar-refractivity contribution in [2.24, 2.45) is 0 Å². The maximum Gasteiger partial charge on any atom is 0.258 e. The lowest BCUT2D eigenvalue weighted by atomic mass is 10.2. The lowest BCUT2D eigenvalue weighted by Gasteiger charge is -2.11. The Labute approximate surface area is 119 Å². The third-order valence-electron chi connectivity index (χ3n) is 2.80. The molecule has 0 aliphatic carbocycles. The van der Waals surface area contributed by atoms with Gasteiger partial charge in [0.1, 0.15) is 0 Å². The van der Waals surface area contributed by atoms with Gasteiger partial charge >= 0.3 is 0 Å². The zero-order chi connectivity index (χ0) is 13.7. The molecule has 1 aliphatic heterocycles. The van der Waals surface area contributed by atoms with Crippen LogP contribution in [0.1, 0.15) is 12.8 Å². The van der Waals surface area contributed by atoms with Crippen molar-refractivity contribution >= 4 is 21.8 Å². The van der Waals surface area contributed by atoms with Crippen molar-refractivity contribution in [3.8, 4) is 5.75 Å². The van der Waals surface area contributed by atoms with Crippen molar-refractivity contribution in [3.05, 3.63) is 28.5 Å². The lowest BCUT2D eigenvalue weighted by Crippen LogP contribution is -2.35. The van der Waals surface area contributed by atoms with Gasteiger partial charge in [0.15, 0.2) is 18.2 Å². The summed E-state index contributed by atoms with van der Waals surface area (Å²) in [4.78, 5) is 11.5. The van der Waals surface area contributed by atoms with E-state index in [1.165, 1.54) is 12.1 Å². The molecule has 2 rings (SSSR count). The van der Waals surface area contributed by atoms with Crippen molar-refractivity contribution in [1.82, 2.24) is 5.32 Å². The summed E-state index contributed by atoms with van der Waals surface area (Å²) in [5.41, 5.74) is 0. The van der Waals surface area contributed by atoms with E-state index in [4.69, 9.17) is 9.47 Å². The van der Waals surface area contributed by atoms with Crippen LogP contribution in [0.4, 0.5) is 4.39 Å². The van der Waals surface area contributed by atoms with Gasteiger partial charge in [0, 0.05) is 17.6 Å². The maximum absolute atomic E-state index is 13.4. The number of hydrogen-bond acceptors (Lipinski definition) is 3. The van der Waals surface area contributed by atoms with Gasteiger partial charge in [-0.3, -0.25) is 4.79 Å². The molecule has 1 saturated heterocycles. The van der Waals surface area contributed by atoms with Crippen molar-refractivity contribution < 1.29 is 18.7 Å². The quantitative estimate of drug-likeness (QED) is 0.900. The van der Waals surface area contributed by atoms with Crippen LogP contribution in [0, 0.1) is 5.82 Å². The van der Waals surface area contributed by atoms with E-state index in [1.54, 1.807) is 6.07 Å². The zero-order valence-electron chi connectivity index (χ0n) is 10.3. The molecule has 4 nitrogen and oxygen atoms in total. The molecule has 1 N–H and O–H groups in total. The predicted molar refractivity (Wildman–Crippen MR) is 71.6 cm³/mol. The van der Waals surface area contributed by atoms with Crippen LogP contribution in [-0.4, -0.2) is 31.8 Å². The summed E-state index contributed by atoms with van der Waals surface area (Å²) < 4.78 is 24.5. The number of ether oxygens (including phenoxy) is 2.